The third-order valence-electron chi connectivity index (χ3n) is 4.60. The summed E-state index contributed by atoms with van der Waals surface area (Å²) in [7, 11) is 0. The van der Waals surface area contributed by atoms with Gasteiger partial charge in [-0.25, -0.2) is 0 Å². The van der Waals surface area contributed by atoms with E-state index < -0.39 is 41.6 Å². The lowest BCUT2D eigenvalue weighted by molar-refractivity contribution is -0.156. The SMILES string of the molecule is O=C(O)C(CCCN(CCCC(C(=O)O)C(=O)O)C(=O)CSc1ccccc1O)C(=O)O. The molecule has 0 aliphatic carbocycles. The van der Waals surface area contributed by atoms with Gasteiger partial charge < -0.3 is 30.4 Å². The van der Waals surface area contributed by atoms with Gasteiger partial charge in [0.1, 0.15) is 5.75 Å². The molecule has 1 aromatic carbocycles. The van der Waals surface area contributed by atoms with E-state index in [0.29, 0.717) is 4.90 Å². The van der Waals surface area contributed by atoms with Crippen LogP contribution < -0.4 is 0 Å². The molecule has 0 unspecified atom stereocenters. The Kier molecular flexibility index (Phi) is 11.0. The van der Waals surface area contributed by atoms with Crippen LogP contribution in [0.15, 0.2) is 29.2 Å². The average molecular weight is 471 g/mol. The van der Waals surface area contributed by atoms with Gasteiger partial charge in [-0.15, -0.1) is 11.8 Å². The van der Waals surface area contributed by atoms with Crippen LogP contribution in [0.3, 0.4) is 0 Å². The number of nitrogens with zero attached hydrogens (tertiary/aromatic N) is 1. The van der Waals surface area contributed by atoms with Crippen molar-refractivity contribution in [3.05, 3.63) is 24.3 Å². The summed E-state index contributed by atoms with van der Waals surface area (Å²) in [4.78, 5) is 58.5. The number of amides is 1. The molecule has 0 spiro atoms. The van der Waals surface area contributed by atoms with E-state index in [2.05, 4.69) is 0 Å². The summed E-state index contributed by atoms with van der Waals surface area (Å²) in [6.07, 6.45) is -0.295. The predicted molar refractivity (Wildman–Crippen MR) is 111 cm³/mol. The Hall–Kier alpha value is -3.28. The van der Waals surface area contributed by atoms with Crippen molar-refractivity contribution < 1.29 is 49.5 Å². The van der Waals surface area contributed by atoms with Gasteiger partial charge in [0.15, 0.2) is 11.8 Å². The number of carbonyl (C=O) groups excluding carboxylic acids is 1. The van der Waals surface area contributed by atoms with Gasteiger partial charge >= 0.3 is 23.9 Å². The third-order valence-corrected chi connectivity index (χ3v) is 5.65. The minimum atomic E-state index is -1.62. The van der Waals surface area contributed by atoms with Crippen LogP contribution in [0.25, 0.3) is 0 Å². The number of aliphatic carboxylic acids is 4. The second-order valence-corrected chi connectivity index (χ2v) is 7.90. The number of hydrogen-bond donors (Lipinski definition) is 5. The van der Waals surface area contributed by atoms with E-state index in [1.165, 1.54) is 11.0 Å². The summed E-state index contributed by atoms with van der Waals surface area (Å²) < 4.78 is 0. The standard InChI is InChI=1S/C20H25NO10S/c22-14-7-1-2-8-15(14)32-11-16(23)21(9-3-5-12(17(24)25)18(26)27)10-4-6-13(19(28)29)20(30)31/h1-2,7-8,12-13,22H,3-6,9-11H2,(H,24,25)(H,26,27)(H,28,29)(H,30,31). The summed E-state index contributed by atoms with van der Waals surface area (Å²) in [6.45, 7) is 0.0318. The molecule has 32 heavy (non-hydrogen) atoms. The zero-order chi connectivity index (χ0) is 24.3. The van der Waals surface area contributed by atoms with E-state index in [9.17, 15) is 29.1 Å². The highest BCUT2D eigenvalue weighted by Gasteiger charge is 2.27. The first-order chi connectivity index (χ1) is 15.0. The first kappa shape index (κ1) is 26.8. The largest absolute Gasteiger partial charge is 0.507 e. The Balaban J connectivity index is 2.77. The molecule has 0 aromatic heterocycles. The molecule has 1 amide bonds. The fraction of sp³-hybridized carbons (Fsp3) is 0.450. The number of phenols is 1. The average Bonchev–Trinajstić information content (AvgIpc) is 2.70. The first-order valence-electron chi connectivity index (χ1n) is 9.64. The van der Waals surface area contributed by atoms with E-state index >= 15 is 0 Å². The van der Waals surface area contributed by atoms with Crippen LogP contribution in [0.4, 0.5) is 0 Å². The van der Waals surface area contributed by atoms with E-state index in [1.54, 1.807) is 18.2 Å². The molecular weight excluding hydrogens is 446 g/mol. The zero-order valence-electron chi connectivity index (χ0n) is 17.0. The fourth-order valence-corrected chi connectivity index (χ4v) is 3.70. The van der Waals surface area contributed by atoms with Gasteiger partial charge in [-0.1, -0.05) is 12.1 Å². The predicted octanol–water partition coefficient (Wildman–Crippen LogP) is 1.44. The smallest absolute Gasteiger partial charge is 0.317 e. The number of phenolic OH excluding ortho intramolecular Hbond substituents is 1. The molecule has 0 bridgehead atoms. The van der Waals surface area contributed by atoms with E-state index in [0.717, 1.165) is 11.8 Å². The molecule has 0 aliphatic heterocycles. The van der Waals surface area contributed by atoms with Gasteiger partial charge in [0.25, 0.3) is 0 Å². The first-order valence-corrected chi connectivity index (χ1v) is 10.6. The van der Waals surface area contributed by atoms with Crippen LogP contribution in [-0.2, 0) is 24.0 Å². The summed E-state index contributed by atoms with van der Waals surface area (Å²) in [5.74, 6) is -9.69. The van der Waals surface area contributed by atoms with Crippen molar-refractivity contribution in [3.8, 4) is 5.75 Å². The summed E-state index contributed by atoms with van der Waals surface area (Å²) >= 11 is 1.06. The number of thioether (sulfide) groups is 1. The monoisotopic (exact) mass is 471 g/mol. The van der Waals surface area contributed by atoms with Crippen molar-refractivity contribution in [2.75, 3.05) is 18.8 Å². The highest BCUT2D eigenvalue weighted by atomic mass is 32.2. The normalized spacial score (nSPS) is 10.8. The van der Waals surface area contributed by atoms with Gasteiger partial charge in [0.2, 0.25) is 5.91 Å². The maximum atomic E-state index is 12.7. The van der Waals surface area contributed by atoms with Crippen LogP contribution in [0.2, 0.25) is 0 Å². The Labute approximate surface area is 187 Å². The summed E-state index contributed by atoms with van der Waals surface area (Å²) in [5, 5.41) is 45.7. The van der Waals surface area contributed by atoms with Gasteiger partial charge in [-0.05, 0) is 37.8 Å². The maximum Gasteiger partial charge on any atom is 0.317 e. The second kappa shape index (κ2) is 13.2. The highest BCUT2D eigenvalue weighted by molar-refractivity contribution is 8.00. The summed E-state index contributed by atoms with van der Waals surface area (Å²) in [5.41, 5.74) is 0. The van der Waals surface area contributed by atoms with Gasteiger partial charge in [0.05, 0.1) is 5.75 Å². The van der Waals surface area contributed by atoms with Gasteiger partial charge in [-0.2, -0.15) is 0 Å². The van der Waals surface area contributed by atoms with Crippen molar-refractivity contribution in [1.29, 1.82) is 0 Å². The molecule has 0 radical (unpaired) electrons. The lowest BCUT2D eigenvalue weighted by atomic mass is 10.0. The van der Waals surface area contributed by atoms with Crippen molar-refractivity contribution in [1.82, 2.24) is 4.90 Å². The minimum Gasteiger partial charge on any atom is -0.507 e. The molecule has 12 heteroatoms. The maximum absolute atomic E-state index is 12.7. The molecule has 0 fully saturated rings. The Morgan fingerprint density at radius 2 is 1.22 bits per heavy atom. The Morgan fingerprint density at radius 1 is 0.781 bits per heavy atom. The quantitative estimate of drug-likeness (QED) is 0.184. The van der Waals surface area contributed by atoms with E-state index in [-0.39, 0.29) is 50.3 Å². The van der Waals surface area contributed by atoms with Gasteiger partial charge in [0, 0.05) is 18.0 Å². The number of carboxylic acid groups (broad SMARTS) is 4. The molecule has 1 rings (SSSR count). The second-order valence-electron chi connectivity index (χ2n) is 6.88. The molecule has 0 saturated carbocycles. The van der Waals surface area contributed by atoms with Crippen LogP contribution >= 0.6 is 11.8 Å². The third kappa shape index (κ3) is 8.84. The number of hydrogen-bond acceptors (Lipinski definition) is 7. The topological polar surface area (TPSA) is 190 Å². The molecule has 5 N–H and O–H groups in total. The van der Waals surface area contributed by atoms with Crippen molar-refractivity contribution >= 4 is 41.5 Å². The number of rotatable bonds is 15. The van der Waals surface area contributed by atoms with Gasteiger partial charge in [-0.3, -0.25) is 24.0 Å². The van der Waals surface area contributed by atoms with Crippen molar-refractivity contribution in [3.63, 3.8) is 0 Å². The number of carboxylic acids is 4. The molecule has 1 aromatic rings. The van der Waals surface area contributed by atoms with Crippen LogP contribution in [0, 0.1) is 11.8 Å². The molecule has 0 saturated heterocycles. The number of benzene rings is 1. The molecule has 176 valence electrons. The molecule has 0 atom stereocenters. The van der Waals surface area contributed by atoms with Crippen LogP contribution in [0.5, 0.6) is 5.75 Å². The number of aromatic hydroxyl groups is 1. The Morgan fingerprint density at radius 3 is 1.62 bits per heavy atom. The summed E-state index contributed by atoms with van der Waals surface area (Å²) in [6, 6.07) is 6.38. The fourth-order valence-electron chi connectivity index (χ4n) is 2.85. The minimum absolute atomic E-state index is 0.00614. The lowest BCUT2D eigenvalue weighted by Crippen LogP contribution is -2.36. The molecular formula is C20H25NO10S. The van der Waals surface area contributed by atoms with Crippen molar-refractivity contribution in [2.45, 2.75) is 30.6 Å². The molecule has 11 nitrogen and oxygen atoms in total. The van der Waals surface area contributed by atoms with Crippen LogP contribution in [-0.4, -0.2) is 79.1 Å². The number of carbonyl (C=O) groups is 5. The molecule has 0 aliphatic rings. The zero-order valence-corrected chi connectivity index (χ0v) is 17.9. The molecule has 0 heterocycles. The van der Waals surface area contributed by atoms with E-state index in [4.69, 9.17) is 20.4 Å². The van der Waals surface area contributed by atoms with E-state index in [1.807, 2.05) is 0 Å². The lowest BCUT2D eigenvalue weighted by Gasteiger charge is -2.23. The van der Waals surface area contributed by atoms with Crippen LogP contribution in [0.1, 0.15) is 25.7 Å². The highest BCUT2D eigenvalue weighted by Crippen LogP contribution is 2.28. The number of para-hydroxylation sites is 1. The van der Waals surface area contributed by atoms with Crippen molar-refractivity contribution in [2.24, 2.45) is 11.8 Å². The Bertz CT molecular complexity index is 777.